The van der Waals surface area contributed by atoms with Crippen LogP contribution in [0.3, 0.4) is 0 Å². The zero-order valence-electron chi connectivity index (χ0n) is 34.3. The maximum Gasteiger partial charge on any atom is 0.293 e. The molecule has 0 unspecified atom stereocenters. The lowest BCUT2D eigenvalue weighted by Crippen LogP contribution is -2.47. The number of nitro groups is 1. The summed E-state index contributed by atoms with van der Waals surface area (Å²) in [5.74, 6) is -0.166. The fourth-order valence-electron chi connectivity index (χ4n) is 7.79. The lowest BCUT2D eigenvalue weighted by atomic mass is 9.99. The largest absolute Gasteiger partial charge is 0.376 e. The number of carbonyl (C=O) groups is 1. The second kappa shape index (κ2) is 20.7. The van der Waals surface area contributed by atoms with Gasteiger partial charge in [0.15, 0.2) is 0 Å². The number of thioether (sulfide) groups is 1. The van der Waals surface area contributed by atoms with Crippen molar-refractivity contribution in [1.29, 1.82) is 0 Å². The van der Waals surface area contributed by atoms with Crippen molar-refractivity contribution in [2.75, 3.05) is 81.4 Å². The number of amides is 1. The van der Waals surface area contributed by atoms with E-state index in [0.717, 1.165) is 101 Å². The zero-order chi connectivity index (χ0) is 42.8. The number of piperazine rings is 2. The van der Waals surface area contributed by atoms with Crippen molar-refractivity contribution in [1.82, 2.24) is 19.4 Å². The first-order valence-corrected chi connectivity index (χ1v) is 23.5. The molecule has 2 aliphatic heterocycles. The van der Waals surface area contributed by atoms with Crippen molar-refractivity contribution < 1.29 is 18.1 Å². The molecule has 2 N–H and O–H groups in total. The molecule has 2 aliphatic rings. The third kappa shape index (κ3) is 11.9. The molecule has 61 heavy (non-hydrogen) atoms. The Kier molecular flexibility index (Phi) is 15.0. The van der Waals surface area contributed by atoms with Crippen molar-refractivity contribution >= 4 is 56.4 Å². The summed E-state index contributed by atoms with van der Waals surface area (Å²) in [5.41, 5.74) is 4.50. The average molecular weight is 883 g/mol. The predicted octanol–water partition coefficient (Wildman–Crippen LogP) is 7.96. The molecule has 12 nitrogen and oxygen atoms in total. The third-order valence-corrected chi connectivity index (χ3v) is 14.2. The van der Waals surface area contributed by atoms with Crippen LogP contribution in [0.4, 0.5) is 17.1 Å². The minimum absolute atomic E-state index is 0.134. The molecule has 0 radical (unpaired) electrons. The first-order chi connectivity index (χ1) is 29.5. The molecule has 0 spiro atoms. The van der Waals surface area contributed by atoms with Crippen LogP contribution in [0, 0.1) is 10.1 Å². The minimum atomic E-state index is -4.44. The van der Waals surface area contributed by atoms with Gasteiger partial charge in [0.05, 0.1) is 9.82 Å². The number of rotatable bonds is 17. The van der Waals surface area contributed by atoms with Crippen molar-refractivity contribution in [3.8, 4) is 11.1 Å². The van der Waals surface area contributed by atoms with Crippen molar-refractivity contribution in [3.63, 3.8) is 0 Å². The number of nitrogens with one attached hydrogen (secondary N) is 2. The Hall–Kier alpha value is -4.96. The lowest BCUT2D eigenvalue weighted by molar-refractivity contribution is -0.384. The summed E-state index contributed by atoms with van der Waals surface area (Å²) >= 11 is 7.79. The molecule has 0 bridgehead atoms. The molecule has 2 saturated heterocycles. The molecule has 15 heteroatoms. The van der Waals surface area contributed by atoms with Crippen molar-refractivity contribution in [3.05, 3.63) is 148 Å². The van der Waals surface area contributed by atoms with Gasteiger partial charge in [0, 0.05) is 104 Å². The minimum Gasteiger partial charge on any atom is -0.376 e. The number of carbonyl (C=O) groups excluding carboxylic acids is 1. The Bertz CT molecular complexity index is 2360. The highest BCUT2D eigenvalue weighted by molar-refractivity contribution is 7.99. The summed E-state index contributed by atoms with van der Waals surface area (Å²) in [6.07, 6.45) is 0.745. The van der Waals surface area contributed by atoms with E-state index in [-0.39, 0.29) is 27.9 Å². The Labute approximate surface area is 368 Å². The summed E-state index contributed by atoms with van der Waals surface area (Å²) < 4.78 is 29.1. The van der Waals surface area contributed by atoms with Gasteiger partial charge in [-0.05, 0) is 90.3 Å². The summed E-state index contributed by atoms with van der Waals surface area (Å²) in [6, 6.07) is 36.7. The van der Waals surface area contributed by atoms with Gasteiger partial charge in [-0.15, -0.1) is 11.8 Å². The molecule has 0 aromatic heterocycles. The molecule has 5 aromatic rings. The van der Waals surface area contributed by atoms with Gasteiger partial charge >= 0.3 is 0 Å². The van der Waals surface area contributed by atoms with Gasteiger partial charge < -0.3 is 20.0 Å². The van der Waals surface area contributed by atoms with E-state index in [4.69, 9.17) is 11.6 Å². The fraction of sp³-hybridized carbons (Fsp3) is 0.326. The SMILES string of the molecule is CCN1CCN(CC[C@H](CSc2ccccc2)Nc2ccc(S(=O)(=O)NC(=O)c3ccc(N4CCN(Cc5ccccc5-c5ccc(Cl)cc5)CC4)cc3)cc2[N+](=O)[O-])CC1. The van der Waals surface area contributed by atoms with E-state index >= 15 is 0 Å². The Morgan fingerprint density at radius 1 is 0.803 bits per heavy atom. The third-order valence-electron chi connectivity index (χ3n) is 11.4. The van der Waals surface area contributed by atoms with Gasteiger partial charge in [-0.1, -0.05) is 73.1 Å². The predicted molar refractivity (Wildman–Crippen MR) is 246 cm³/mol. The summed E-state index contributed by atoms with van der Waals surface area (Å²) in [6.45, 7) is 12.1. The molecular formula is C46H52ClN7O5S2. The first kappa shape index (κ1) is 44.1. The Morgan fingerprint density at radius 3 is 2.15 bits per heavy atom. The number of halogens is 1. The maximum absolute atomic E-state index is 13.5. The lowest BCUT2D eigenvalue weighted by Gasteiger charge is -2.36. The molecule has 0 saturated carbocycles. The topological polar surface area (TPSA) is 131 Å². The molecule has 320 valence electrons. The average Bonchev–Trinajstić information content (AvgIpc) is 3.28. The molecule has 7 rings (SSSR count). The zero-order valence-corrected chi connectivity index (χ0v) is 36.7. The van der Waals surface area contributed by atoms with Gasteiger partial charge in [-0.3, -0.25) is 19.8 Å². The molecule has 0 aliphatic carbocycles. The number of nitro benzene ring substituents is 1. The summed E-state index contributed by atoms with van der Waals surface area (Å²) in [4.78, 5) is 35.3. The number of hydrogen-bond acceptors (Lipinski definition) is 11. The number of likely N-dealkylation sites (N-methyl/N-ethyl adjacent to an activating group) is 1. The highest BCUT2D eigenvalue weighted by Gasteiger charge is 2.26. The highest BCUT2D eigenvalue weighted by Crippen LogP contribution is 2.31. The van der Waals surface area contributed by atoms with Crippen LogP contribution in [-0.4, -0.2) is 111 Å². The van der Waals surface area contributed by atoms with Crippen LogP contribution in [0.5, 0.6) is 0 Å². The standard InChI is InChI=1S/C46H52ClN7O5S2/c1-2-50-24-26-51(27-25-50)23-22-39(34-60-41-9-4-3-5-10-41)48-44-21-20-42(32-45(44)54(56)57)61(58,59)49-46(55)36-14-18-40(19-15-36)53-30-28-52(29-31-53)33-37-8-6-7-11-43(37)35-12-16-38(47)17-13-35/h3-21,32,39,48H,2,22-31,33-34H2,1H3,(H,49,55)/t39-/m1/s1. The van der Waals surface area contributed by atoms with Crippen LogP contribution >= 0.6 is 23.4 Å². The van der Waals surface area contributed by atoms with Crippen LogP contribution in [-0.2, 0) is 16.6 Å². The normalized spacial score (nSPS) is 15.9. The number of hydrogen-bond donors (Lipinski definition) is 2. The second-order valence-electron chi connectivity index (χ2n) is 15.4. The van der Waals surface area contributed by atoms with E-state index in [2.05, 4.69) is 54.8 Å². The number of sulfonamides is 1. The van der Waals surface area contributed by atoms with Crippen LogP contribution in [0.2, 0.25) is 5.02 Å². The highest BCUT2D eigenvalue weighted by atomic mass is 35.5. The smallest absolute Gasteiger partial charge is 0.293 e. The van der Waals surface area contributed by atoms with Gasteiger partial charge in [0.1, 0.15) is 5.69 Å². The van der Waals surface area contributed by atoms with E-state index < -0.39 is 20.9 Å². The van der Waals surface area contributed by atoms with Gasteiger partial charge in [0.2, 0.25) is 0 Å². The fourth-order valence-corrected chi connectivity index (χ4v) is 9.90. The van der Waals surface area contributed by atoms with Crippen LogP contribution in [0.1, 0.15) is 29.3 Å². The number of benzene rings is 5. The van der Waals surface area contributed by atoms with Crippen molar-refractivity contribution in [2.24, 2.45) is 0 Å². The number of nitrogens with zero attached hydrogens (tertiary/aromatic N) is 5. The number of anilines is 2. The van der Waals surface area contributed by atoms with Gasteiger partial charge in [-0.2, -0.15) is 0 Å². The van der Waals surface area contributed by atoms with E-state index in [1.165, 1.54) is 23.3 Å². The van der Waals surface area contributed by atoms with Crippen LogP contribution in [0.15, 0.2) is 131 Å². The molecule has 5 aromatic carbocycles. The second-order valence-corrected chi connectivity index (χ2v) is 18.6. The maximum atomic E-state index is 13.5. The summed E-state index contributed by atoms with van der Waals surface area (Å²) in [5, 5.41) is 16.4. The monoisotopic (exact) mass is 881 g/mol. The molecule has 2 heterocycles. The molecule has 1 atom stereocenters. The van der Waals surface area contributed by atoms with Crippen LogP contribution < -0.4 is 14.9 Å². The molecule has 1 amide bonds. The first-order valence-electron chi connectivity index (χ1n) is 20.7. The van der Waals surface area contributed by atoms with E-state index in [1.54, 1.807) is 23.9 Å². The van der Waals surface area contributed by atoms with E-state index in [0.29, 0.717) is 10.8 Å². The van der Waals surface area contributed by atoms with Crippen LogP contribution in [0.25, 0.3) is 11.1 Å². The Balaban J connectivity index is 0.956. The summed E-state index contributed by atoms with van der Waals surface area (Å²) in [7, 11) is -4.44. The van der Waals surface area contributed by atoms with Crippen molar-refractivity contribution in [2.45, 2.75) is 35.7 Å². The molecule has 2 fully saturated rings. The van der Waals surface area contributed by atoms with E-state index in [1.807, 2.05) is 72.8 Å². The van der Waals surface area contributed by atoms with Gasteiger partial charge in [0.25, 0.3) is 21.6 Å². The Morgan fingerprint density at radius 2 is 1.46 bits per heavy atom. The van der Waals surface area contributed by atoms with Gasteiger partial charge in [-0.25, -0.2) is 13.1 Å². The van der Waals surface area contributed by atoms with E-state index in [9.17, 15) is 23.3 Å². The quantitative estimate of drug-likeness (QED) is 0.0536. The molecular weight excluding hydrogens is 830 g/mol.